The summed E-state index contributed by atoms with van der Waals surface area (Å²) in [7, 11) is 0. The number of carboxylic acids is 1. The van der Waals surface area contributed by atoms with Gasteiger partial charge in [0.25, 0.3) is 0 Å². The van der Waals surface area contributed by atoms with E-state index in [1.165, 1.54) is 11.1 Å². The molecule has 1 saturated heterocycles. The normalized spacial score (nSPS) is 24.0. The van der Waals surface area contributed by atoms with E-state index < -0.39 is 5.97 Å². The minimum atomic E-state index is -0.664. The van der Waals surface area contributed by atoms with Crippen LogP contribution in [0.3, 0.4) is 0 Å². The van der Waals surface area contributed by atoms with Crippen molar-refractivity contribution in [3.8, 4) is 0 Å². The lowest BCUT2D eigenvalue weighted by Crippen LogP contribution is -2.23. The van der Waals surface area contributed by atoms with Crippen LogP contribution in [0.25, 0.3) is 0 Å². The van der Waals surface area contributed by atoms with E-state index in [0.717, 1.165) is 13.1 Å². The van der Waals surface area contributed by atoms with Gasteiger partial charge in [-0.1, -0.05) is 52.0 Å². The molecule has 1 N–H and O–H groups in total. The Labute approximate surface area is 121 Å². The van der Waals surface area contributed by atoms with Gasteiger partial charge in [0, 0.05) is 19.6 Å². The zero-order valence-electron chi connectivity index (χ0n) is 12.9. The minimum Gasteiger partial charge on any atom is -0.481 e. The Balaban J connectivity index is 2.00. The molecular formula is C17H25NO2. The fourth-order valence-corrected chi connectivity index (χ4v) is 2.89. The molecule has 2 unspecified atom stereocenters. The van der Waals surface area contributed by atoms with Crippen molar-refractivity contribution < 1.29 is 9.90 Å². The van der Waals surface area contributed by atoms with Gasteiger partial charge in [0.1, 0.15) is 0 Å². The first-order valence-corrected chi connectivity index (χ1v) is 7.32. The van der Waals surface area contributed by atoms with E-state index in [2.05, 4.69) is 49.9 Å². The highest BCUT2D eigenvalue weighted by Gasteiger charge is 2.34. The van der Waals surface area contributed by atoms with Gasteiger partial charge in [0.15, 0.2) is 0 Å². The van der Waals surface area contributed by atoms with Crippen LogP contribution in [0, 0.1) is 11.8 Å². The van der Waals surface area contributed by atoms with Crippen LogP contribution < -0.4 is 0 Å². The number of aliphatic carboxylic acids is 1. The SMILES string of the molecule is CC1CN(Cc2ccc(C(C)(C)C)cc2)CC1C(=O)O. The number of hydrogen-bond donors (Lipinski definition) is 1. The van der Waals surface area contributed by atoms with Crippen molar-refractivity contribution in [2.75, 3.05) is 13.1 Å². The lowest BCUT2D eigenvalue weighted by molar-refractivity contribution is -0.142. The number of benzene rings is 1. The molecule has 1 heterocycles. The van der Waals surface area contributed by atoms with Gasteiger partial charge in [-0.3, -0.25) is 9.69 Å². The molecule has 1 aromatic rings. The summed E-state index contributed by atoms with van der Waals surface area (Å²) in [5, 5.41) is 9.17. The molecule has 0 bridgehead atoms. The Bertz CT molecular complexity index is 473. The molecule has 0 spiro atoms. The minimum absolute atomic E-state index is 0.176. The van der Waals surface area contributed by atoms with Crippen molar-refractivity contribution in [1.29, 1.82) is 0 Å². The summed E-state index contributed by atoms with van der Waals surface area (Å²) in [6.45, 7) is 11.0. The molecule has 1 fully saturated rings. The van der Waals surface area contributed by atoms with E-state index in [9.17, 15) is 4.79 Å². The van der Waals surface area contributed by atoms with Crippen LogP contribution in [0.2, 0.25) is 0 Å². The molecule has 0 aromatic heterocycles. The van der Waals surface area contributed by atoms with Gasteiger partial charge in [-0.2, -0.15) is 0 Å². The largest absolute Gasteiger partial charge is 0.481 e. The van der Waals surface area contributed by atoms with Gasteiger partial charge in [0.2, 0.25) is 0 Å². The molecule has 1 aromatic carbocycles. The molecule has 1 aliphatic rings. The molecule has 0 amide bonds. The average Bonchev–Trinajstić information content (AvgIpc) is 2.70. The highest BCUT2D eigenvalue weighted by atomic mass is 16.4. The zero-order valence-corrected chi connectivity index (χ0v) is 12.9. The van der Waals surface area contributed by atoms with Crippen LogP contribution in [0.4, 0.5) is 0 Å². The second kappa shape index (κ2) is 5.57. The maximum atomic E-state index is 11.1. The van der Waals surface area contributed by atoms with Gasteiger partial charge < -0.3 is 5.11 Å². The molecule has 2 rings (SSSR count). The number of carboxylic acid groups (broad SMARTS) is 1. The Morgan fingerprint density at radius 1 is 1.25 bits per heavy atom. The Kier molecular flexibility index (Phi) is 4.19. The molecule has 0 radical (unpaired) electrons. The first-order chi connectivity index (χ1) is 9.27. The van der Waals surface area contributed by atoms with Crippen LogP contribution >= 0.6 is 0 Å². The number of rotatable bonds is 3. The van der Waals surface area contributed by atoms with E-state index in [1.54, 1.807) is 0 Å². The van der Waals surface area contributed by atoms with Crippen molar-refractivity contribution in [3.05, 3.63) is 35.4 Å². The molecular weight excluding hydrogens is 250 g/mol. The Morgan fingerprint density at radius 3 is 2.30 bits per heavy atom. The van der Waals surface area contributed by atoms with Gasteiger partial charge in [-0.15, -0.1) is 0 Å². The van der Waals surface area contributed by atoms with Crippen molar-refractivity contribution >= 4 is 5.97 Å². The lowest BCUT2D eigenvalue weighted by Gasteiger charge is -2.20. The second-order valence-electron chi connectivity index (χ2n) is 7.06. The molecule has 3 nitrogen and oxygen atoms in total. The summed E-state index contributed by atoms with van der Waals surface area (Å²) in [6.07, 6.45) is 0. The summed E-state index contributed by atoms with van der Waals surface area (Å²) in [6, 6.07) is 8.70. The Morgan fingerprint density at radius 2 is 1.85 bits per heavy atom. The third-order valence-corrected chi connectivity index (χ3v) is 4.23. The molecule has 3 heteroatoms. The predicted octanol–water partition coefficient (Wildman–Crippen LogP) is 3.14. The predicted molar refractivity (Wildman–Crippen MR) is 80.7 cm³/mol. The van der Waals surface area contributed by atoms with Crippen molar-refractivity contribution in [1.82, 2.24) is 4.90 Å². The maximum Gasteiger partial charge on any atom is 0.308 e. The van der Waals surface area contributed by atoms with Crippen LogP contribution in [0.1, 0.15) is 38.8 Å². The van der Waals surface area contributed by atoms with Gasteiger partial charge >= 0.3 is 5.97 Å². The summed E-state index contributed by atoms with van der Waals surface area (Å²) in [4.78, 5) is 13.4. The molecule has 0 saturated carbocycles. The monoisotopic (exact) mass is 275 g/mol. The maximum absolute atomic E-state index is 11.1. The van der Waals surface area contributed by atoms with E-state index in [1.807, 2.05) is 6.92 Å². The van der Waals surface area contributed by atoms with Crippen LogP contribution in [-0.2, 0) is 16.8 Å². The van der Waals surface area contributed by atoms with Crippen LogP contribution in [-0.4, -0.2) is 29.1 Å². The van der Waals surface area contributed by atoms with Gasteiger partial charge in [0.05, 0.1) is 5.92 Å². The summed E-state index contributed by atoms with van der Waals surface area (Å²) >= 11 is 0. The van der Waals surface area contributed by atoms with Crippen LogP contribution in [0.15, 0.2) is 24.3 Å². The highest BCUT2D eigenvalue weighted by molar-refractivity contribution is 5.71. The van der Waals surface area contributed by atoms with Crippen molar-refractivity contribution in [2.24, 2.45) is 11.8 Å². The van der Waals surface area contributed by atoms with Gasteiger partial charge in [-0.25, -0.2) is 0 Å². The van der Waals surface area contributed by atoms with Crippen LogP contribution in [0.5, 0.6) is 0 Å². The van der Waals surface area contributed by atoms with Crippen molar-refractivity contribution in [3.63, 3.8) is 0 Å². The third-order valence-electron chi connectivity index (χ3n) is 4.23. The molecule has 20 heavy (non-hydrogen) atoms. The molecule has 2 atom stereocenters. The first kappa shape index (κ1) is 15.0. The lowest BCUT2D eigenvalue weighted by atomic mass is 9.87. The summed E-state index contributed by atoms with van der Waals surface area (Å²) in [5.74, 6) is -0.645. The number of likely N-dealkylation sites (tertiary alicyclic amines) is 1. The van der Waals surface area contributed by atoms with Gasteiger partial charge in [-0.05, 0) is 22.5 Å². The standard InChI is InChI=1S/C17H25NO2/c1-12-9-18(11-15(12)16(19)20)10-13-5-7-14(8-6-13)17(2,3)4/h5-8,12,15H,9-11H2,1-4H3,(H,19,20). The first-order valence-electron chi connectivity index (χ1n) is 7.32. The smallest absolute Gasteiger partial charge is 0.308 e. The summed E-state index contributed by atoms with van der Waals surface area (Å²) < 4.78 is 0. The Hall–Kier alpha value is -1.35. The number of carbonyl (C=O) groups is 1. The topological polar surface area (TPSA) is 40.5 Å². The van der Waals surface area contributed by atoms with E-state index in [-0.39, 0.29) is 17.3 Å². The highest BCUT2D eigenvalue weighted by Crippen LogP contribution is 2.26. The zero-order chi connectivity index (χ0) is 14.9. The van der Waals surface area contributed by atoms with E-state index in [0.29, 0.717) is 6.54 Å². The number of hydrogen-bond acceptors (Lipinski definition) is 2. The molecule has 1 aliphatic heterocycles. The third kappa shape index (κ3) is 3.40. The quantitative estimate of drug-likeness (QED) is 0.921. The fraction of sp³-hybridized carbons (Fsp3) is 0.588. The molecule has 0 aliphatic carbocycles. The van der Waals surface area contributed by atoms with E-state index >= 15 is 0 Å². The average molecular weight is 275 g/mol. The molecule has 110 valence electrons. The van der Waals surface area contributed by atoms with Crippen molar-refractivity contribution in [2.45, 2.75) is 39.7 Å². The fourth-order valence-electron chi connectivity index (χ4n) is 2.89. The number of nitrogens with zero attached hydrogens (tertiary/aromatic N) is 1. The second-order valence-corrected chi connectivity index (χ2v) is 7.06. The van der Waals surface area contributed by atoms with E-state index in [4.69, 9.17) is 5.11 Å². The summed E-state index contributed by atoms with van der Waals surface area (Å²) in [5.41, 5.74) is 2.77.